The largest absolute Gasteiger partial charge is 0.444 e. The number of aromatic amines is 1. The molecule has 0 atom stereocenters. The second-order valence-corrected chi connectivity index (χ2v) is 9.36. The van der Waals surface area contributed by atoms with E-state index in [1.165, 1.54) is 0 Å². The van der Waals surface area contributed by atoms with Gasteiger partial charge in [0.25, 0.3) is 0 Å². The molecule has 3 aromatic rings. The van der Waals surface area contributed by atoms with Crippen molar-refractivity contribution in [1.29, 1.82) is 0 Å². The third-order valence-corrected chi connectivity index (χ3v) is 5.68. The number of nitrogens with zero attached hydrogens (tertiary/aromatic N) is 3. The Morgan fingerprint density at radius 3 is 2.48 bits per heavy atom. The number of anilines is 2. The van der Waals surface area contributed by atoms with Crippen molar-refractivity contribution in [3.05, 3.63) is 53.9 Å². The molecule has 174 valence electrons. The van der Waals surface area contributed by atoms with Crippen molar-refractivity contribution in [1.82, 2.24) is 14.9 Å². The number of hydrogen-bond donors (Lipinski definition) is 2. The summed E-state index contributed by atoms with van der Waals surface area (Å²) in [6.07, 6.45) is 1.77. The Balaban J connectivity index is 1.32. The van der Waals surface area contributed by atoms with Gasteiger partial charge in [-0.3, -0.25) is 4.79 Å². The zero-order valence-corrected chi connectivity index (χ0v) is 19.6. The predicted octanol–water partition coefficient (Wildman–Crippen LogP) is 4.11. The van der Waals surface area contributed by atoms with Crippen LogP contribution in [0.4, 0.5) is 16.3 Å². The second-order valence-electron chi connectivity index (χ2n) is 9.36. The van der Waals surface area contributed by atoms with E-state index in [1.807, 2.05) is 64.1 Å². The summed E-state index contributed by atoms with van der Waals surface area (Å²) < 4.78 is 5.45. The summed E-state index contributed by atoms with van der Waals surface area (Å²) in [5.41, 5.74) is 3.50. The van der Waals surface area contributed by atoms with E-state index in [2.05, 4.69) is 20.2 Å². The predicted molar refractivity (Wildman–Crippen MR) is 130 cm³/mol. The number of fused-ring (bicyclic) bond motifs is 1. The van der Waals surface area contributed by atoms with Crippen molar-refractivity contribution in [2.45, 2.75) is 39.7 Å². The van der Waals surface area contributed by atoms with Gasteiger partial charge in [-0.25, -0.2) is 9.78 Å². The Morgan fingerprint density at radius 2 is 1.82 bits per heavy atom. The molecule has 0 aliphatic carbocycles. The number of pyridine rings is 1. The van der Waals surface area contributed by atoms with Crippen LogP contribution in [0.15, 0.2) is 42.6 Å². The molecule has 33 heavy (non-hydrogen) atoms. The SMILES string of the molecule is Cc1[nH]c2ccccc2c1CC(=O)Nc1ccc(N2CCN(C(=O)OC(C)(C)C)CC2)cn1. The summed E-state index contributed by atoms with van der Waals surface area (Å²) in [5.74, 6) is 0.419. The number of hydrogen-bond acceptors (Lipinski definition) is 5. The van der Waals surface area contributed by atoms with Crippen molar-refractivity contribution in [2.75, 3.05) is 36.4 Å². The van der Waals surface area contributed by atoms with Gasteiger partial charge in [-0.2, -0.15) is 0 Å². The number of ether oxygens (including phenoxy) is 1. The van der Waals surface area contributed by atoms with Crippen LogP contribution in [0, 0.1) is 6.92 Å². The van der Waals surface area contributed by atoms with Gasteiger partial charge in [0.15, 0.2) is 0 Å². The zero-order chi connectivity index (χ0) is 23.6. The van der Waals surface area contributed by atoms with Crippen LogP contribution in [-0.2, 0) is 16.0 Å². The summed E-state index contributed by atoms with van der Waals surface area (Å²) in [6.45, 7) is 10.2. The van der Waals surface area contributed by atoms with Crippen molar-refractivity contribution in [3.63, 3.8) is 0 Å². The molecule has 1 aromatic carbocycles. The first-order valence-electron chi connectivity index (χ1n) is 11.2. The van der Waals surface area contributed by atoms with Crippen LogP contribution in [0.3, 0.4) is 0 Å². The Kier molecular flexibility index (Phi) is 6.26. The van der Waals surface area contributed by atoms with Crippen molar-refractivity contribution in [3.8, 4) is 0 Å². The maximum Gasteiger partial charge on any atom is 0.410 e. The molecule has 1 aliphatic rings. The molecule has 3 heterocycles. The first-order valence-corrected chi connectivity index (χ1v) is 11.2. The van der Waals surface area contributed by atoms with Crippen molar-refractivity contribution >= 4 is 34.4 Å². The fourth-order valence-electron chi connectivity index (χ4n) is 4.03. The Morgan fingerprint density at radius 1 is 1.09 bits per heavy atom. The van der Waals surface area contributed by atoms with Crippen LogP contribution in [0.2, 0.25) is 0 Å². The van der Waals surface area contributed by atoms with Crippen LogP contribution in [0.5, 0.6) is 0 Å². The van der Waals surface area contributed by atoms with E-state index in [0.717, 1.165) is 27.8 Å². The van der Waals surface area contributed by atoms with E-state index in [0.29, 0.717) is 32.0 Å². The third kappa shape index (κ3) is 5.45. The Hall–Kier alpha value is -3.55. The highest BCUT2D eigenvalue weighted by Gasteiger charge is 2.26. The number of nitrogens with one attached hydrogen (secondary N) is 2. The van der Waals surface area contributed by atoms with E-state index in [9.17, 15) is 9.59 Å². The molecule has 8 nitrogen and oxygen atoms in total. The smallest absolute Gasteiger partial charge is 0.410 e. The number of piperazine rings is 1. The van der Waals surface area contributed by atoms with Crippen LogP contribution in [-0.4, -0.2) is 58.6 Å². The lowest BCUT2D eigenvalue weighted by molar-refractivity contribution is -0.115. The van der Waals surface area contributed by atoms with Crippen LogP contribution < -0.4 is 10.2 Å². The molecule has 2 amide bonds. The zero-order valence-electron chi connectivity index (χ0n) is 19.6. The van der Waals surface area contributed by atoms with E-state index in [1.54, 1.807) is 11.1 Å². The number of para-hydroxylation sites is 1. The number of benzene rings is 1. The number of carbonyl (C=O) groups excluding carboxylic acids is 2. The molecule has 2 N–H and O–H groups in total. The van der Waals surface area contributed by atoms with Gasteiger partial charge in [0.05, 0.1) is 18.3 Å². The normalized spacial score (nSPS) is 14.4. The minimum atomic E-state index is -0.495. The number of carbonyl (C=O) groups is 2. The van der Waals surface area contributed by atoms with Gasteiger partial charge >= 0.3 is 6.09 Å². The average molecular weight is 450 g/mol. The van der Waals surface area contributed by atoms with E-state index < -0.39 is 5.60 Å². The minimum Gasteiger partial charge on any atom is -0.444 e. The fraction of sp³-hybridized carbons (Fsp3) is 0.400. The van der Waals surface area contributed by atoms with Crippen LogP contribution in [0.1, 0.15) is 32.0 Å². The van der Waals surface area contributed by atoms with Gasteiger partial charge in [0, 0.05) is 42.8 Å². The van der Waals surface area contributed by atoms with Gasteiger partial charge < -0.3 is 24.8 Å². The highest BCUT2D eigenvalue weighted by molar-refractivity contribution is 5.95. The molecule has 0 unspecified atom stereocenters. The summed E-state index contributed by atoms with van der Waals surface area (Å²) in [7, 11) is 0. The minimum absolute atomic E-state index is 0.103. The molecule has 0 saturated carbocycles. The first kappa shape index (κ1) is 22.6. The van der Waals surface area contributed by atoms with Gasteiger partial charge in [-0.15, -0.1) is 0 Å². The lowest BCUT2D eigenvalue weighted by Crippen LogP contribution is -2.50. The summed E-state index contributed by atoms with van der Waals surface area (Å²) in [4.78, 5) is 36.5. The Bertz CT molecular complexity index is 1140. The van der Waals surface area contributed by atoms with E-state index in [-0.39, 0.29) is 18.4 Å². The molecule has 0 bridgehead atoms. The molecule has 8 heteroatoms. The summed E-state index contributed by atoms with van der Waals surface area (Å²) in [6, 6.07) is 11.8. The number of amides is 2. The van der Waals surface area contributed by atoms with Crippen molar-refractivity contribution in [2.24, 2.45) is 0 Å². The van der Waals surface area contributed by atoms with Gasteiger partial charge in [0.1, 0.15) is 11.4 Å². The maximum atomic E-state index is 12.6. The quantitative estimate of drug-likeness (QED) is 0.626. The molecule has 1 saturated heterocycles. The monoisotopic (exact) mass is 449 g/mol. The van der Waals surface area contributed by atoms with Crippen molar-refractivity contribution < 1.29 is 14.3 Å². The number of aryl methyl sites for hydroxylation is 1. The third-order valence-electron chi connectivity index (χ3n) is 5.68. The van der Waals surface area contributed by atoms with Gasteiger partial charge in [-0.05, 0) is 51.5 Å². The van der Waals surface area contributed by atoms with Crippen LogP contribution in [0.25, 0.3) is 10.9 Å². The second kappa shape index (κ2) is 9.13. The maximum absolute atomic E-state index is 12.6. The standard InChI is InChI=1S/C25H31N5O3/c1-17-20(19-7-5-6-8-21(19)27-17)15-23(31)28-22-10-9-18(16-26-22)29-11-13-30(14-12-29)24(32)33-25(2,3)4/h5-10,16,27H,11-15H2,1-4H3,(H,26,28,31). The van der Waals surface area contributed by atoms with Gasteiger partial charge in [0.2, 0.25) is 5.91 Å². The van der Waals surface area contributed by atoms with Gasteiger partial charge in [-0.1, -0.05) is 18.2 Å². The summed E-state index contributed by atoms with van der Waals surface area (Å²) >= 11 is 0. The average Bonchev–Trinajstić information content (AvgIpc) is 3.08. The highest BCUT2D eigenvalue weighted by atomic mass is 16.6. The lowest BCUT2D eigenvalue weighted by Gasteiger charge is -2.36. The molecule has 4 rings (SSSR count). The fourth-order valence-corrected chi connectivity index (χ4v) is 4.03. The summed E-state index contributed by atoms with van der Waals surface area (Å²) in [5, 5.41) is 3.96. The highest BCUT2D eigenvalue weighted by Crippen LogP contribution is 2.23. The number of rotatable bonds is 4. The first-order chi connectivity index (χ1) is 15.7. The lowest BCUT2D eigenvalue weighted by atomic mass is 10.1. The topological polar surface area (TPSA) is 90.6 Å². The van der Waals surface area contributed by atoms with E-state index in [4.69, 9.17) is 4.74 Å². The molecule has 0 radical (unpaired) electrons. The molecular weight excluding hydrogens is 418 g/mol. The van der Waals surface area contributed by atoms with Crippen LogP contribution >= 0.6 is 0 Å². The molecule has 0 spiro atoms. The Labute approximate surface area is 193 Å². The molecular formula is C25H31N5O3. The number of H-pyrrole nitrogens is 1. The molecule has 1 fully saturated rings. The molecule has 1 aliphatic heterocycles. The number of aromatic nitrogens is 2. The molecule has 2 aromatic heterocycles. The van der Waals surface area contributed by atoms with E-state index >= 15 is 0 Å².